The molecule has 0 radical (unpaired) electrons. The van der Waals surface area contributed by atoms with Gasteiger partial charge in [-0.2, -0.15) is 0 Å². The van der Waals surface area contributed by atoms with E-state index in [1.165, 1.54) is 6.07 Å². The van der Waals surface area contributed by atoms with Gasteiger partial charge in [0, 0.05) is 24.6 Å². The van der Waals surface area contributed by atoms with Gasteiger partial charge in [-0.15, -0.1) is 0 Å². The molecule has 156 valence electrons. The summed E-state index contributed by atoms with van der Waals surface area (Å²) in [7, 11) is 4.14. The summed E-state index contributed by atoms with van der Waals surface area (Å²) in [6, 6.07) is 16.5. The largest absolute Gasteiger partial charge is 0.352 e. The highest BCUT2D eigenvalue weighted by Gasteiger charge is 2.41. The molecule has 2 atom stereocenters. The molecule has 0 saturated carbocycles. The number of hydrogen-bond donors (Lipinski definition) is 1. The third-order valence-corrected chi connectivity index (χ3v) is 5.75. The Morgan fingerprint density at radius 1 is 1.10 bits per heavy atom. The second-order valence-corrected chi connectivity index (χ2v) is 8.12. The Hall–Kier alpha value is -2.77. The third kappa shape index (κ3) is 4.08. The van der Waals surface area contributed by atoms with Crippen molar-refractivity contribution in [1.29, 1.82) is 0 Å². The molecule has 1 saturated heterocycles. The van der Waals surface area contributed by atoms with Crippen LogP contribution in [0.3, 0.4) is 0 Å². The Balaban J connectivity index is 1.75. The van der Waals surface area contributed by atoms with Gasteiger partial charge in [-0.3, -0.25) is 4.98 Å². The fourth-order valence-corrected chi connectivity index (χ4v) is 4.36. The van der Waals surface area contributed by atoms with Crippen LogP contribution in [0.25, 0.3) is 5.69 Å². The van der Waals surface area contributed by atoms with Crippen molar-refractivity contribution in [2.24, 2.45) is 0 Å². The van der Waals surface area contributed by atoms with E-state index in [2.05, 4.69) is 34.2 Å². The number of aromatic nitrogens is 2. The number of halogens is 1. The fraction of sp³-hybridized carbons (Fsp3) is 0.304. The number of rotatable bonds is 7. The summed E-state index contributed by atoms with van der Waals surface area (Å²) in [6.07, 6.45) is 4.67. The topological polar surface area (TPSA) is 36.3 Å². The molecule has 0 unspecified atom stereocenters. The number of nitrogens with one attached hydrogen (secondary N) is 1. The number of thiocarbonyl (C=S) groups is 1. The van der Waals surface area contributed by atoms with Crippen LogP contribution < -0.4 is 5.32 Å². The highest BCUT2D eigenvalue weighted by Crippen LogP contribution is 2.39. The van der Waals surface area contributed by atoms with Gasteiger partial charge in [0.15, 0.2) is 5.11 Å². The predicted octanol–water partition coefficient (Wildman–Crippen LogP) is 3.94. The number of pyridine rings is 1. The molecule has 5 nitrogen and oxygen atoms in total. The first-order valence-corrected chi connectivity index (χ1v) is 10.5. The van der Waals surface area contributed by atoms with E-state index in [9.17, 15) is 4.39 Å². The standard InChI is InChI=1S/C23H26FN5S/c1-27(2)14-8-16-29-22(21(26-23(29)30)18-10-5-6-13-25-18)20-12-7-15-28(20)19-11-4-3-9-17(19)24/h3-7,9-13,15,21-22H,8,14,16H2,1-2H3,(H,26,30)/t21-,22-/m0/s1. The molecule has 7 heteroatoms. The van der Waals surface area contributed by atoms with E-state index in [0.717, 1.165) is 30.9 Å². The van der Waals surface area contributed by atoms with Crippen molar-refractivity contribution in [3.8, 4) is 5.69 Å². The molecule has 1 aromatic carbocycles. The zero-order valence-corrected chi connectivity index (χ0v) is 18.0. The smallest absolute Gasteiger partial charge is 0.170 e. The second-order valence-electron chi connectivity index (χ2n) is 7.73. The summed E-state index contributed by atoms with van der Waals surface area (Å²) in [5.41, 5.74) is 2.43. The number of hydrogen-bond acceptors (Lipinski definition) is 3. The third-order valence-electron chi connectivity index (χ3n) is 5.40. The lowest BCUT2D eigenvalue weighted by Crippen LogP contribution is -2.33. The van der Waals surface area contributed by atoms with Crippen LogP contribution in [-0.2, 0) is 0 Å². The summed E-state index contributed by atoms with van der Waals surface area (Å²) < 4.78 is 16.5. The Labute approximate surface area is 182 Å². The number of nitrogens with zero attached hydrogens (tertiary/aromatic N) is 4. The molecule has 1 aliphatic heterocycles. The molecule has 0 bridgehead atoms. The summed E-state index contributed by atoms with van der Waals surface area (Å²) in [4.78, 5) is 8.96. The molecular weight excluding hydrogens is 397 g/mol. The zero-order valence-electron chi connectivity index (χ0n) is 17.2. The van der Waals surface area contributed by atoms with Crippen LogP contribution in [0.1, 0.15) is 29.9 Å². The predicted molar refractivity (Wildman–Crippen MR) is 121 cm³/mol. The monoisotopic (exact) mass is 423 g/mol. The van der Waals surface area contributed by atoms with Gasteiger partial charge < -0.3 is 19.7 Å². The summed E-state index contributed by atoms with van der Waals surface area (Å²) in [6.45, 7) is 1.77. The van der Waals surface area contributed by atoms with Gasteiger partial charge in [-0.25, -0.2) is 4.39 Å². The normalized spacial score (nSPS) is 18.8. The van der Waals surface area contributed by atoms with Crippen LogP contribution in [0.4, 0.5) is 4.39 Å². The molecule has 1 aliphatic rings. The minimum absolute atomic E-state index is 0.0934. The first kappa shape index (κ1) is 20.5. The van der Waals surface area contributed by atoms with Crippen molar-refractivity contribution in [2.75, 3.05) is 27.2 Å². The van der Waals surface area contributed by atoms with E-state index in [1.807, 2.05) is 47.2 Å². The molecule has 3 aromatic rings. The lowest BCUT2D eigenvalue weighted by Gasteiger charge is -2.29. The van der Waals surface area contributed by atoms with Gasteiger partial charge in [-0.1, -0.05) is 18.2 Å². The maximum Gasteiger partial charge on any atom is 0.170 e. The quantitative estimate of drug-likeness (QED) is 0.583. The van der Waals surface area contributed by atoms with Crippen LogP contribution in [-0.4, -0.2) is 51.6 Å². The van der Waals surface area contributed by atoms with Crippen molar-refractivity contribution in [2.45, 2.75) is 18.5 Å². The maximum absolute atomic E-state index is 14.6. The van der Waals surface area contributed by atoms with Crippen molar-refractivity contribution < 1.29 is 4.39 Å². The maximum atomic E-state index is 14.6. The van der Waals surface area contributed by atoms with E-state index in [-0.39, 0.29) is 17.9 Å². The average Bonchev–Trinajstić information content (AvgIpc) is 3.33. The van der Waals surface area contributed by atoms with Gasteiger partial charge in [0.2, 0.25) is 0 Å². The molecule has 0 amide bonds. The first-order valence-electron chi connectivity index (χ1n) is 10.1. The van der Waals surface area contributed by atoms with Crippen LogP contribution in [0, 0.1) is 5.82 Å². The number of para-hydroxylation sites is 1. The van der Waals surface area contributed by atoms with Crippen molar-refractivity contribution in [3.05, 3.63) is 84.2 Å². The van der Waals surface area contributed by atoms with Gasteiger partial charge >= 0.3 is 0 Å². The van der Waals surface area contributed by atoms with Crippen LogP contribution >= 0.6 is 12.2 Å². The molecule has 1 fully saturated rings. The van der Waals surface area contributed by atoms with E-state index in [1.54, 1.807) is 18.3 Å². The highest BCUT2D eigenvalue weighted by molar-refractivity contribution is 7.80. The fourth-order valence-electron chi connectivity index (χ4n) is 4.03. The van der Waals surface area contributed by atoms with Crippen molar-refractivity contribution in [1.82, 2.24) is 24.7 Å². The van der Waals surface area contributed by atoms with Crippen molar-refractivity contribution in [3.63, 3.8) is 0 Å². The molecule has 3 heterocycles. The summed E-state index contributed by atoms with van der Waals surface area (Å²) in [5.74, 6) is -0.253. The first-order chi connectivity index (χ1) is 14.6. The van der Waals surface area contributed by atoms with Crippen LogP contribution in [0.15, 0.2) is 67.0 Å². The minimum atomic E-state index is -0.253. The molecule has 4 rings (SSSR count). The lowest BCUT2D eigenvalue weighted by atomic mass is 10.0. The van der Waals surface area contributed by atoms with Crippen LogP contribution in [0.2, 0.25) is 0 Å². The van der Waals surface area contributed by atoms with E-state index in [0.29, 0.717) is 10.8 Å². The second kappa shape index (κ2) is 8.93. The van der Waals surface area contributed by atoms with Gasteiger partial charge in [0.1, 0.15) is 5.82 Å². The lowest BCUT2D eigenvalue weighted by molar-refractivity contribution is 0.286. The zero-order chi connectivity index (χ0) is 21.1. The Kier molecular flexibility index (Phi) is 6.11. The molecule has 0 aliphatic carbocycles. The summed E-state index contributed by atoms with van der Waals surface area (Å²) >= 11 is 5.72. The molecule has 1 N–H and O–H groups in total. The Morgan fingerprint density at radius 3 is 2.63 bits per heavy atom. The van der Waals surface area contributed by atoms with Gasteiger partial charge in [0.25, 0.3) is 0 Å². The van der Waals surface area contributed by atoms with E-state index >= 15 is 0 Å². The molecular formula is C23H26FN5S. The number of benzene rings is 1. The Morgan fingerprint density at radius 2 is 1.90 bits per heavy atom. The Bertz CT molecular complexity index is 1000. The van der Waals surface area contributed by atoms with Crippen molar-refractivity contribution >= 4 is 17.3 Å². The van der Waals surface area contributed by atoms with Gasteiger partial charge in [-0.05, 0) is 75.7 Å². The molecule has 30 heavy (non-hydrogen) atoms. The molecule has 2 aromatic heterocycles. The minimum Gasteiger partial charge on any atom is -0.352 e. The summed E-state index contributed by atoms with van der Waals surface area (Å²) in [5, 5.41) is 4.17. The van der Waals surface area contributed by atoms with E-state index < -0.39 is 0 Å². The highest BCUT2D eigenvalue weighted by atomic mass is 32.1. The van der Waals surface area contributed by atoms with Crippen LogP contribution in [0.5, 0.6) is 0 Å². The average molecular weight is 424 g/mol. The molecule has 0 spiro atoms. The van der Waals surface area contributed by atoms with E-state index in [4.69, 9.17) is 12.2 Å². The van der Waals surface area contributed by atoms with Gasteiger partial charge in [0.05, 0.1) is 23.5 Å². The SMILES string of the molecule is CN(C)CCCN1C(=S)N[C@@H](c2ccccn2)[C@@H]1c1cccn1-c1ccccc1F.